The number of benzene rings is 2. The number of hydrogen-bond acceptors (Lipinski definition) is 5. The van der Waals surface area contributed by atoms with Gasteiger partial charge in [-0.25, -0.2) is 13.1 Å². The zero-order valence-corrected chi connectivity index (χ0v) is 18.7. The second-order valence-electron chi connectivity index (χ2n) is 7.67. The first-order chi connectivity index (χ1) is 14.8. The van der Waals surface area contributed by atoms with Crippen LogP contribution in [-0.4, -0.2) is 51.2 Å². The molecule has 1 fully saturated rings. The van der Waals surface area contributed by atoms with Crippen molar-refractivity contribution in [1.82, 2.24) is 9.62 Å². The van der Waals surface area contributed by atoms with Crippen molar-refractivity contribution in [2.45, 2.75) is 43.5 Å². The number of rotatable bonds is 9. The van der Waals surface area contributed by atoms with Gasteiger partial charge >= 0.3 is 0 Å². The predicted molar refractivity (Wildman–Crippen MR) is 118 cm³/mol. The number of nitrogens with zero attached hydrogens (tertiary/aromatic N) is 1. The van der Waals surface area contributed by atoms with E-state index in [1.165, 1.54) is 31.2 Å². The quantitative estimate of drug-likeness (QED) is 0.601. The molecule has 2 aromatic carbocycles. The third kappa shape index (κ3) is 5.92. The molecule has 7 nitrogen and oxygen atoms in total. The molecule has 0 radical (unpaired) electrons. The van der Waals surface area contributed by atoms with Gasteiger partial charge in [0.25, 0.3) is 0 Å². The molecule has 1 amide bonds. The average Bonchev–Trinajstić information content (AvgIpc) is 3.22. The number of ether oxygens (including phenoxy) is 1. The van der Waals surface area contributed by atoms with Crippen LogP contribution in [-0.2, 0) is 21.2 Å². The highest BCUT2D eigenvalue weighted by Gasteiger charge is 2.28. The molecule has 1 saturated heterocycles. The van der Waals surface area contributed by atoms with E-state index in [2.05, 4.69) is 4.72 Å². The Labute approximate surface area is 183 Å². The monoisotopic (exact) mass is 444 g/mol. The van der Waals surface area contributed by atoms with E-state index < -0.39 is 10.0 Å². The lowest BCUT2D eigenvalue weighted by Gasteiger charge is -2.25. The van der Waals surface area contributed by atoms with Gasteiger partial charge in [-0.2, -0.15) is 0 Å². The maximum atomic E-state index is 12.7. The number of methoxy groups -OCH3 is 1. The van der Waals surface area contributed by atoms with E-state index in [0.29, 0.717) is 12.1 Å². The number of likely N-dealkylation sites (tertiary alicyclic amines) is 1. The smallest absolute Gasteiger partial charge is 0.240 e. The van der Waals surface area contributed by atoms with Crippen molar-refractivity contribution in [3.8, 4) is 5.75 Å². The summed E-state index contributed by atoms with van der Waals surface area (Å²) in [6.07, 6.45) is 2.71. The van der Waals surface area contributed by atoms with Crippen LogP contribution in [0.5, 0.6) is 5.75 Å². The number of carbonyl (C=O) groups is 2. The molecule has 1 N–H and O–H groups in total. The highest BCUT2D eigenvalue weighted by atomic mass is 32.2. The summed E-state index contributed by atoms with van der Waals surface area (Å²) >= 11 is 0. The summed E-state index contributed by atoms with van der Waals surface area (Å²) in [5, 5.41) is 0. The first-order valence-corrected chi connectivity index (χ1v) is 11.8. The second-order valence-corrected chi connectivity index (χ2v) is 9.43. The fourth-order valence-electron chi connectivity index (χ4n) is 3.84. The highest BCUT2D eigenvalue weighted by molar-refractivity contribution is 7.89. The van der Waals surface area contributed by atoms with Gasteiger partial charge in [-0.3, -0.25) is 9.59 Å². The van der Waals surface area contributed by atoms with Gasteiger partial charge in [-0.05, 0) is 56.0 Å². The third-order valence-corrected chi connectivity index (χ3v) is 6.98. The molecule has 0 aromatic heterocycles. The topological polar surface area (TPSA) is 92.8 Å². The van der Waals surface area contributed by atoms with Gasteiger partial charge in [-0.1, -0.05) is 24.3 Å². The standard InChI is InChI=1S/C23H28N2O5S/c1-17(26)19-8-10-22(11-9-19)31(28,29)24-13-12-23(27)25-14-4-6-20(25)15-18-5-3-7-21(16-18)30-2/h3,5,7-11,16,20,24H,4,6,12-15H2,1-2H3. The average molecular weight is 445 g/mol. The minimum atomic E-state index is -3.74. The first kappa shape index (κ1) is 23.0. The van der Waals surface area contributed by atoms with Crippen molar-refractivity contribution in [3.05, 3.63) is 59.7 Å². The Morgan fingerprint density at radius 3 is 2.58 bits per heavy atom. The maximum absolute atomic E-state index is 12.7. The van der Waals surface area contributed by atoms with Crippen LogP contribution in [0.2, 0.25) is 0 Å². The summed E-state index contributed by atoms with van der Waals surface area (Å²) in [6.45, 7) is 2.14. The Morgan fingerprint density at radius 2 is 1.90 bits per heavy atom. The van der Waals surface area contributed by atoms with Crippen LogP contribution in [0.15, 0.2) is 53.4 Å². The van der Waals surface area contributed by atoms with Crippen LogP contribution < -0.4 is 9.46 Å². The molecule has 1 heterocycles. The molecular weight excluding hydrogens is 416 g/mol. The van der Waals surface area contributed by atoms with Crippen LogP contribution in [0.1, 0.15) is 42.1 Å². The molecule has 1 aliphatic heterocycles. The lowest BCUT2D eigenvalue weighted by Crippen LogP contribution is -2.38. The molecule has 0 spiro atoms. The van der Waals surface area contributed by atoms with E-state index in [9.17, 15) is 18.0 Å². The van der Waals surface area contributed by atoms with Gasteiger partial charge in [0.1, 0.15) is 5.75 Å². The van der Waals surface area contributed by atoms with E-state index >= 15 is 0 Å². The fourth-order valence-corrected chi connectivity index (χ4v) is 4.87. The zero-order chi connectivity index (χ0) is 22.4. The van der Waals surface area contributed by atoms with Crippen LogP contribution in [0, 0.1) is 0 Å². The van der Waals surface area contributed by atoms with Gasteiger partial charge in [0, 0.05) is 31.1 Å². The number of hydrogen-bond donors (Lipinski definition) is 1. The largest absolute Gasteiger partial charge is 0.497 e. The summed E-state index contributed by atoms with van der Waals surface area (Å²) < 4.78 is 32.7. The molecule has 1 atom stereocenters. The van der Waals surface area contributed by atoms with Crippen LogP contribution >= 0.6 is 0 Å². The Morgan fingerprint density at radius 1 is 1.16 bits per heavy atom. The molecule has 166 valence electrons. The van der Waals surface area contributed by atoms with Gasteiger partial charge in [-0.15, -0.1) is 0 Å². The summed E-state index contributed by atoms with van der Waals surface area (Å²) in [4.78, 5) is 26.0. The second kappa shape index (κ2) is 10.1. The van der Waals surface area contributed by atoms with E-state index in [1.54, 1.807) is 7.11 Å². The lowest BCUT2D eigenvalue weighted by molar-refractivity contribution is -0.131. The van der Waals surface area contributed by atoms with Crippen LogP contribution in [0.25, 0.3) is 0 Å². The number of ketones is 1. The van der Waals surface area contributed by atoms with Crippen molar-refractivity contribution in [1.29, 1.82) is 0 Å². The van der Waals surface area contributed by atoms with Gasteiger partial charge in [0.2, 0.25) is 15.9 Å². The molecule has 8 heteroatoms. The van der Waals surface area contributed by atoms with E-state index in [4.69, 9.17) is 4.74 Å². The number of Topliss-reactive ketones (excluding diaryl/α,β-unsaturated/α-hetero) is 1. The van der Waals surface area contributed by atoms with Gasteiger partial charge in [0.05, 0.1) is 12.0 Å². The predicted octanol–water partition coefficient (Wildman–Crippen LogP) is 2.80. The minimum Gasteiger partial charge on any atom is -0.497 e. The fraction of sp³-hybridized carbons (Fsp3) is 0.391. The van der Waals surface area contributed by atoms with Crippen molar-refractivity contribution in [2.75, 3.05) is 20.2 Å². The molecule has 0 saturated carbocycles. The van der Waals surface area contributed by atoms with Crippen molar-refractivity contribution >= 4 is 21.7 Å². The van der Waals surface area contributed by atoms with Crippen LogP contribution in [0.3, 0.4) is 0 Å². The Balaban J connectivity index is 1.55. The highest BCUT2D eigenvalue weighted by Crippen LogP contribution is 2.23. The van der Waals surface area contributed by atoms with E-state index in [1.807, 2.05) is 29.2 Å². The molecule has 0 aliphatic carbocycles. The van der Waals surface area contributed by atoms with Crippen molar-refractivity contribution in [2.24, 2.45) is 0 Å². The van der Waals surface area contributed by atoms with Crippen molar-refractivity contribution < 1.29 is 22.7 Å². The van der Waals surface area contributed by atoms with Crippen molar-refractivity contribution in [3.63, 3.8) is 0 Å². The van der Waals surface area contributed by atoms with Gasteiger partial charge < -0.3 is 9.64 Å². The Hall–Kier alpha value is -2.71. The molecule has 31 heavy (non-hydrogen) atoms. The summed E-state index contributed by atoms with van der Waals surface area (Å²) in [5.74, 6) is 0.607. The molecular formula is C23H28N2O5S. The molecule has 3 rings (SSSR count). The van der Waals surface area contributed by atoms with E-state index in [-0.39, 0.29) is 35.6 Å². The molecule has 1 aliphatic rings. The minimum absolute atomic E-state index is 0.0258. The third-order valence-electron chi connectivity index (χ3n) is 5.51. The number of carbonyl (C=O) groups excluding carboxylic acids is 2. The van der Waals surface area contributed by atoms with Gasteiger partial charge in [0.15, 0.2) is 5.78 Å². The number of amides is 1. The normalized spacial score (nSPS) is 16.3. The van der Waals surface area contributed by atoms with E-state index in [0.717, 1.165) is 30.6 Å². The molecule has 0 bridgehead atoms. The SMILES string of the molecule is COc1cccc(CC2CCCN2C(=O)CCNS(=O)(=O)c2ccc(C(C)=O)cc2)c1. The van der Waals surface area contributed by atoms with Crippen LogP contribution in [0.4, 0.5) is 0 Å². The summed E-state index contributed by atoms with van der Waals surface area (Å²) in [7, 11) is -2.11. The molecule has 1 unspecified atom stereocenters. The number of sulfonamides is 1. The first-order valence-electron chi connectivity index (χ1n) is 10.3. The Bertz CT molecular complexity index is 1030. The summed E-state index contributed by atoms with van der Waals surface area (Å²) in [6, 6.07) is 13.7. The number of nitrogens with one attached hydrogen (secondary N) is 1. The zero-order valence-electron chi connectivity index (χ0n) is 17.8. The Kier molecular flexibility index (Phi) is 7.46. The summed E-state index contributed by atoms with van der Waals surface area (Å²) in [5.41, 5.74) is 1.56. The molecule has 2 aromatic rings. The maximum Gasteiger partial charge on any atom is 0.240 e. The lowest BCUT2D eigenvalue weighted by atomic mass is 10.0.